The zero-order chi connectivity index (χ0) is 18.4. The number of hydrogen-bond acceptors (Lipinski definition) is 5. The van der Waals surface area contributed by atoms with Gasteiger partial charge in [-0.2, -0.15) is 0 Å². The highest BCUT2D eigenvalue weighted by molar-refractivity contribution is 5.54. The molecule has 0 radical (unpaired) electrons. The molecule has 3 rings (SSSR count). The topological polar surface area (TPSA) is 41.7 Å². The molecule has 0 aliphatic carbocycles. The predicted octanol–water partition coefficient (Wildman–Crippen LogP) is 4.34. The smallest absolute Gasteiger partial charge is 0.200 e. The summed E-state index contributed by atoms with van der Waals surface area (Å²) in [6.07, 6.45) is 6.22. The van der Waals surface area contributed by atoms with Gasteiger partial charge in [-0.1, -0.05) is 19.9 Å². The zero-order valence-corrected chi connectivity index (χ0v) is 16.2. The highest BCUT2D eigenvalue weighted by Crippen LogP contribution is 2.27. The Morgan fingerprint density at radius 3 is 2.58 bits per heavy atom. The Kier molecular flexibility index (Phi) is 6.69. The van der Waals surface area contributed by atoms with Crippen LogP contribution in [0.15, 0.2) is 47.2 Å². The number of likely N-dealkylation sites (tertiary alicyclic amines) is 1. The molecule has 0 bridgehead atoms. The first-order valence-corrected chi connectivity index (χ1v) is 9.73. The van der Waals surface area contributed by atoms with Gasteiger partial charge in [-0.25, -0.2) is 4.98 Å². The maximum absolute atomic E-state index is 6.21. The minimum absolute atomic E-state index is 0.150. The van der Waals surface area contributed by atoms with E-state index in [0.717, 1.165) is 37.9 Å². The van der Waals surface area contributed by atoms with Crippen LogP contribution in [0.3, 0.4) is 0 Å². The molecule has 1 aliphatic rings. The molecule has 5 heteroatoms. The van der Waals surface area contributed by atoms with Crippen molar-refractivity contribution in [1.82, 2.24) is 9.88 Å². The van der Waals surface area contributed by atoms with Crippen LogP contribution < -0.4 is 4.90 Å². The summed E-state index contributed by atoms with van der Waals surface area (Å²) in [7, 11) is 0. The van der Waals surface area contributed by atoms with Crippen molar-refractivity contribution in [3.63, 3.8) is 0 Å². The third-order valence-electron chi connectivity index (χ3n) is 4.91. The fraction of sp³-hybridized carbons (Fsp3) is 0.571. The molecule has 2 unspecified atom stereocenters. The van der Waals surface area contributed by atoms with Crippen LogP contribution in [0.5, 0.6) is 0 Å². The standard InChI is InChI=1S/C21H31N3O2/c1-17(2)16-26-18(3)19(23-12-6-7-13-23)15-24(21-10-8-14-25-21)20-9-4-5-11-22-20/h4-5,8-11,14,17-19H,6-7,12-13,15-16H2,1-3H3. The molecule has 0 N–H and O–H groups in total. The Balaban J connectivity index is 1.81. The van der Waals surface area contributed by atoms with Gasteiger partial charge in [-0.15, -0.1) is 0 Å². The van der Waals surface area contributed by atoms with E-state index in [2.05, 4.69) is 35.6 Å². The SMILES string of the molecule is CC(C)COC(C)C(CN(c1ccccn1)c1ccco1)N1CCCC1. The first-order chi connectivity index (χ1) is 12.6. The summed E-state index contributed by atoms with van der Waals surface area (Å²) < 4.78 is 11.9. The average Bonchev–Trinajstić information content (AvgIpc) is 3.35. The molecule has 0 saturated carbocycles. The van der Waals surface area contributed by atoms with Gasteiger partial charge in [0.05, 0.1) is 18.4 Å². The summed E-state index contributed by atoms with van der Waals surface area (Å²) in [5.74, 6) is 2.26. The van der Waals surface area contributed by atoms with Crippen LogP contribution in [0.4, 0.5) is 11.7 Å². The highest BCUT2D eigenvalue weighted by atomic mass is 16.5. The van der Waals surface area contributed by atoms with E-state index < -0.39 is 0 Å². The van der Waals surface area contributed by atoms with Crippen molar-refractivity contribution in [2.75, 3.05) is 31.1 Å². The second-order valence-electron chi connectivity index (χ2n) is 7.49. The molecule has 1 fully saturated rings. The molecule has 26 heavy (non-hydrogen) atoms. The van der Waals surface area contributed by atoms with Crippen LogP contribution in [0.2, 0.25) is 0 Å². The van der Waals surface area contributed by atoms with E-state index in [1.54, 1.807) is 6.26 Å². The maximum atomic E-state index is 6.21. The van der Waals surface area contributed by atoms with Crippen molar-refractivity contribution in [1.29, 1.82) is 0 Å². The van der Waals surface area contributed by atoms with Crippen molar-refractivity contribution in [2.45, 2.75) is 45.8 Å². The third-order valence-corrected chi connectivity index (χ3v) is 4.91. The van der Waals surface area contributed by atoms with Gasteiger partial charge in [0, 0.05) is 25.4 Å². The molecule has 0 spiro atoms. The van der Waals surface area contributed by atoms with Gasteiger partial charge >= 0.3 is 0 Å². The van der Waals surface area contributed by atoms with Gasteiger partial charge in [-0.05, 0) is 57.0 Å². The van der Waals surface area contributed by atoms with Gasteiger partial charge in [0.25, 0.3) is 0 Å². The van der Waals surface area contributed by atoms with Crippen LogP contribution >= 0.6 is 0 Å². The van der Waals surface area contributed by atoms with Crippen molar-refractivity contribution >= 4 is 11.7 Å². The van der Waals surface area contributed by atoms with Gasteiger partial charge in [0.1, 0.15) is 5.82 Å². The average molecular weight is 357 g/mol. The quantitative estimate of drug-likeness (QED) is 0.668. The summed E-state index contributed by atoms with van der Waals surface area (Å²) in [6.45, 7) is 10.4. The predicted molar refractivity (Wildman–Crippen MR) is 105 cm³/mol. The number of nitrogens with zero attached hydrogens (tertiary/aromatic N) is 3. The summed E-state index contributed by atoms with van der Waals surface area (Å²) in [5.41, 5.74) is 0. The summed E-state index contributed by atoms with van der Waals surface area (Å²) in [4.78, 5) is 9.28. The van der Waals surface area contributed by atoms with Crippen LogP contribution in [0.25, 0.3) is 0 Å². The molecule has 1 aliphatic heterocycles. The molecule has 0 aromatic carbocycles. The first-order valence-electron chi connectivity index (χ1n) is 9.73. The molecular formula is C21H31N3O2. The lowest BCUT2D eigenvalue weighted by atomic mass is 10.1. The van der Waals surface area contributed by atoms with Gasteiger partial charge in [-0.3, -0.25) is 9.80 Å². The zero-order valence-electron chi connectivity index (χ0n) is 16.2. The van der Waals surface area contributed by atoms with E-state index in [0.29, 0.717) is 12.0 Å². The molecule has 5 nitrogen and oxygen atoms in total. The van der Waals surface area contributed by atoms with E-state index in [4.69, 9.17) is 9.15 Å². The summed E-state index contributed by atoms with van der Waals surface area (Å²) in [6, 6.07) is 10.2. The largest absolute Gasteiger partial charge is 0.448 e. The second kappa shape index (κ2) is 9.19. The minimum atomic E-state index is 0.150. The van der Waals surface area contributed by atoms with Gasteiger partial charge in [0.2, 0.25) is 5.88 Å². The van der Waals surface area contributed by atoms with Crippen LogP contribution in [-0.4, -0.2) is 48.3 Å². The lowest BCUT2D eigenvalue weighted by Gasteiger charge is -2.36. The van der Waals surface area contributed by atoms with Gasteiger partial charge < -0.3 is 9.15 Å². The molecule has 142 valence electrons. The number of furan rings is 1. The molecular weight excluding hydrogens is 326 g/mol. The first kappa shape index (κ1) is 18.9. The van der Waals surface area contributed by atoms with Crippen molar-refractivity contribution in [3.8, 4) is 0 Å². The Morgan fingerprint density at radius 1 is 1.15 bits per heavy atom. The number of hydrogen-bond donors (Lipinski definition) is 0. The lowest BCUT2D eigenvalue weighted by molar-refractivity contribution is -0.00603. The van der Waals surface area contributed by atoms with Crippen LogP contribution in [0.1, 0.15) is 33.6 Å². The number of pyridine rings is 1. The fourth-order valence-corrected chi connectivity index (χ4v) is 3.51. The third kappa shape index (κ3) is 4.86. The Labute approximate surface area is 157 Å². The van der Waals surface area contributed by atoms with E-state index in [1.165, 1.54) is 12.8 Å². The molecule has 1 saturated heterocycles. The van der Waals surface area contributed by atoms with E-state index in [1.807, 2.05) is 36.5 Å². The molecule has 2 aromatic rings. The van der Waals surface area contributed by atoms with E-state index >= 15 is 0 Å². The summed E-state index contributed by atoms with van der Waals surface area (Å²) in [5, 5.41) is 0. The van der Waals surface area contributed by atoms with Crippen molar-refractivity contribution < 1.29 is 9.15 Å². The number of aromatic nitrogens is 1. The Bertz CT molecular complexity index is 624. The minimum Gasteiger partial charge on any atom is -0.448 e. The monoisotopic (exact) mass is 357 g/mol. The normalized spacial score (nSPS) is 17.5. The number of ether oxygens (including phenoxy) is 1. The summed E-state index contributed by atoms with van der Waals surface area (Å²) >= 11 is 0. The molecule has 2 aromatic heterocycles. The molecule has 2 atom stereocenters. The second-order valence-corrected chi connectivity index (χ2v) is 7.49. The number of anilines is 2. The maximum Gasteiger partial charge on any atom is 0.200 e. The number of rotatable bonds is 9. The van der Waals surface area contributed by atoms with E-state index in [-0.39, 0.29) is 6.10 Å². The Morgan fingerprint density at radius 2 is 1.96 bits per heavy atom. The van der Waals surface area contributed by atoms with Crippen LogP contribution in [-0.2, 0) is 4.74 Å². The highest BCUT2D eigenvalue weighted by Gasteiger charge is 2.31. The fourth-order valence-electron chi connectivity index (χ4n) is 3.51. The lowest BCUT2D eigenvalue weighted by Crippen LogP contribution is -2.49. The van der Waals surface area contributed by atoms with Crippen LogP contribution in [0, 0.1) is 5.92 Å². The molecule has 3 heterocycles. The van der Waals surface area contributed by atoms with Crippen molar-refractivity contribution in [2.24, 2.45) is 5.92 Å². The Hall–Kier alpha value is -1.85. The van der Waals surface area contributed by atoms with Crippen molar-refractivity contribution in [3.05, 3.63) is 42.8 Å². The van der Waals surface area contributed by atoms with E-state index in [9.17, 15) is 0 Å². The molecule has 0 amide bonds. The van der Waals surface area contributed by atoms with Gasteiger partial charge in [0.15, 0.2) is 0 Å².